The van der Waals surface area contributed by atoms with Crippen molar-refractivity contribution in [3.05, 3.63) is 47.1 Å². The van der Waals surface area contributed by atoms with Crippen LogP contribution in [0.1, 0.15) is 23.8 Å². The fraction of sp³-hybridized carbons (Fsp3) is 0.200. The lowest BCUT2D eigenvalue weighted by atomic mass is 10.2. The average molecular weight is 400 g/mol. The molecule has 2 amide bonds. The lowest BCUT2D eigenvalue weighted by molar-refractivity contribution is -0.114. The average Bonchev–Trinajstić information content (AvgIpc) is 2.91. The highest BCUT2D eigenvalue weighted by Gasteiger charge is 2.19. The van der Waals surface area contributed by atoms with Crippen LogP contribution in [0.2, 0.25) is 5.02 Å². The Kier molecular flexibility index (Phi) is 4.83. The fourth-order valence-corrected chi connectivity index (χ4v) is 3.23. The molecule has 0 aliphatic carbocycles. The molecule has 7 nitrogen and oxygen atoms in total. The summed E-state index contributed by atoms with van der Waals surface area (Å²) in [4.78, 5) is 27.3. The van der Waals surface area contributed by atoms with Crippen molar-refractivity contribution in [2.45, 2.75) is 13.3 Å². The quantitative estimate of drug-likeness (QED) is 0.615. The molecule has 1 aromatic heterocycles. The van der Waals surface area contributed by atoms with Crippen LogP contribution in [0.15, 0.2) is 36.4 Å². The molecule has 0 atom stereocenters. The molecule has 1 aliphatic rings. The minimum atomic E-state index is -0.324. The zero-order valence-electron chi connectivity index (χ0n) is 15.1. The van der Waals surface area contributed by atoms with E-state index >= 15 is 0 Å². The van der Waals surface area contributed by atoms with Crippen molar-refractivity contribution in [1.82, 2.24) is 4.98 Å². The van der Waals surface area contributed by atoms with Crippen LogP contribution < -0.4 is 20.1 Å². The zero-order valence-corrected chi connectivity index (χ0v) is 15.9. The van der Waals surface area contributed by atoms with E-state index in [1.54, 1.807) is 30.3 Å². The summed E-state index contributed by atoms with van der Waals surface area (Å²) in [6.07, 6.45) is 0.730. The van der Waals surface area contributed by atoms with Crippen molar-refractivity contribution < 1.29 is 19.1 Å². The lowest BCUT2D eigenvalue weighted by Gasteiger charge is -2.15. The maximum Gasteiger partial charge on any atom is 0.272 e. The third kappa shape index (κ3) is 3.75. The van der Waals surface area contributed by atoms with E-state index in [0.717, 1.165) is 17.3 Å². The number of aromatic nitrogens is 1. The van der Waals surface area contributed by atoms with Gasteiger partial charge in [-0.05, 0) is 30.3 Å². The number of benzene rings is 2. The van der Waals surface area contributed by atoms with Crippen molar-refractivity contribution in [1.29, 1.82) is 0 Å². The second-order valence-corrected chi connectivity index (χ2v) is 6.89. The molecule has 0 unspecified atom stereocenters. The standard InChI is InChI=1S/C20H18ClN3O4/c1-11(25)22-16-9-14(10-18-19(16)28-6-2-5-27-18)23-20(26)17-8-12-7-13(21)3-4-15(12)24-17/h3-4,7-10,24H,2,5-6H2,1H3,(H,22,25)(H,23,26). The molecule has 4 rings (SSSR count). The summed E-state index contributed by atoms with van der Waals surface area (Å²) in [5.74, 6) is 0.370. The van der Waals surface area contributed by atoms with Crippen LogP contribution in [-0.2, 0) is 4.79 Å². The summed E-state index contributed by atoms with van der Waals surface area (Å²) in [7, 11) is 0. The number of fused-ring (bicyclic) bond motifs is 2. The Morgan fingerprint density at radius 3 is 2.71 bits per heavy atom. The molecule has 144 valence electrons. The van der Waals surface area contributed by atoms with Crippen molar-refractivity contribution in [2.24, 2.45) is 0 Å². The Hall–Kier alpha value is -3.19. The van der Waals surface area contributed by atoms with Gasteiger partial charge in [0, 0.05) is 41.0 Å². The molecule has 0 radical (unpaired) electrons. The number of anilines is 2. The summed E-state index contributed by atoms with van der Waals surface area (Å²) in [5.41, 5.74) is 2.14. The molecule has 0 bridgehead atoms. The van der Waals surface area contributed by atoms with E-state index in [4.69, 9.17) is 21.1 Å². The number of hydrogen-bond donors (Lipinski definition) is 3. The Balaban J connectivity index is 1.65. The molecule has 0 saturated heterocycles. The first-order chi connectivity index (χ1) is 13.5. The molecule has 1 aliphatic heterocycles. The van der Waals surface area contributed by atoms with Crippen LogP contribution in [0.3, 0.4) is 0 Å². The summed E-state index contributed by atoms with van der Waals surface area (Å²) in [6.45, 7) is 2.39. The van der Waals surface area contributed by atoms with Crippen LogP contribution in [0, 0.1) is 0 Å². The molecule has 3 aromatic rings. The fourth-order valence-electron chi connectivity index (χ4n) is 3.05. The summed E-state index contributed by atoms with van der Waals surface area (Å²) in [5, 5.41) is 6.99. The van der Waals surface area contributed by atoms with E-state index in [1.807, 2.05) is 6.07 Å². The molecule has 0 fully saturated rings. The van der Waals surface area contributed by atoms with Gasteiger partial charge in [0.1, 0.15) is 5.69 Å². The van der Waals surface area contributed by atoms with Gasteiger partial charge in [-0.3, -0.25) is 9.59 Å². The van der Waals surface area contributed by atoms with Gasteiger partial charge in [-0.1, -0.05) is 11.6 Å². The molecule has 2 aromatic carbocycles. The number of rotatable bonds is 3. The first kappa shape index (κ1) is 18.2. The van der Waals surface area contributed by atoms with E-state index in [-0.39, 0.29) is 11.8 Å². The number of ether oxygens (including phenoxy) is 2. The van der Waals surface area contributed by atoms with Crippen LogP contribution in [0.5, 0.6) is 11.5 Å². The largest absolute Gasteiger partial charge is 0.489 e. The lowest BCUT2D eigenvalue weighted by Crippen LogP contribution is -2.14. The number of halogens is 1. The third-order valence-corrected chi connectivity index (χ3v) is 4.48. The minimum Gasteiger partial charge on any atom is -0.489 e. The Morgan fingerprint density at radius 1 is 1.07 bits per heavy atom. The molecule has 3 N–H and O–H groups in total. The molecule has 28 heavy (non-hydrogen) atoms. The maximum atomic E-state index is 12.7. The number of amides is 2. The van der Waals surface area contributed by atoms with Gasteiger partial charge in [0.2, 0.25) is 5.91 Å². The monoisotopic (exact) mass is 399 g/mol. The highest BCUT2D eigenvalue weighted by Crippen LogP contribution is 2.40. The SMILES string of the molecule is CC(=O)Nc1cc(NC(=O)c2cc3cc(Cl)ccc3[nH]2)cc2c1OCCCO2. The van der Waals surface area contributed by atoms with Gasteiger partial charge in [-0.2, -0.15) is 0 Å². The first-order valence-electron chi connectivity index (χ1n) is 8.80. The number of carbonyl (C=O) groups excluding carboxylic acids is 2. The summed E-state index contributed by atoms with van der Waals surface area (Å²) < 4.78 is 11.4. The topological polar surface area (TPSA) is 92.5 Å². The van der Waals surface area contributed by atoms with Crippen LogP contribution in [0.25, 0.3) is 10.9 Å². The van der Waals surface area contributed by atoms with Gasteiger partial charge in [0.05, 0.1) is 18.9 Å². The molecule has 8 heteroatoms. The Bertz CT molecular complexity index is 1080. The molecular formula is C20H18ClN3O4. The van der Waals surface area contributed by atoms with Crippen LogP contribution in [0.4, 0.5) is 11.4 Å². The van der Waals surface area contributed by atoms with Crippen molar-refractivity contribution in [3.63, 3.8) is 0 Å². The van der Waals surface area contributed by atoms with Gasteiger partial charge in [0.15, 0.2) is 11.5 Å². The van der Waals surface area contributed by atoms with E-state index in [1.165, 1.54) is 6.92 Å². The van der Waals surface area contributed by atoms with Crippen molar-refractivity contribution >= 4 is 45.7 Å². The highest BCUT2D eigenvalue weighted by molar-refractivity contribution is 6.31. The van der Waals surface area contributed by atoms with Crippen molar-refractivity contribution in [2.75, 3.05) is 23.8 Å². The highest BCUT2D eigenvalue weighted by atomic mass is 35.5. The smallest absolute Gasteiger partial charge is 0.272 e. The van der Waals surface area contributed by atoms with Gasteiger partial charge in [0.25, 0.3) is 5.91 Å². The van der Waals surface area contributed by atoms with Gasteiger partial charge in [-0.25, -0.2) is 0 Å². The normalized spacial score (nSPS) is 13.1. The van der Waals surface area contributed by atoms with E-state index < -0.39 is 0 Å². The first-order valence-corrected chi connectivity index (χ1v) is 9.18. The van der Waals surface area contributed by atoms with E-state index in [9.17, 15) is 9.59 Å². The predicted molar refractivity (Wildman–Crippen MR) is 108 cm³/mol. The zero-order chi connectivity index (χ0) is 19.7. The number of carbonyl (C=O) groups is 2. The molecule has 2 heterocycles. The second-order valence-electron chi connectivity index (χ2n) is 6.45. The predicted octanol–water partition coefficient (Wildman–Crippen LogP) is 4.19. The maximum absolute atomic E-state index is 12.7. The Labute approximate surface area is 166 Å². The molecule has 0 saturated carbocycles. The van der Waals surface area contributed by atoms with Crippen LogP contribution >= 0.6 is 11.6 Å². The van der Waals surface area contributed by atoms with Crippen LogP contribution in [-0.4, -0.2) is 30.0 Å². The summed E-state index contributed by atoms with van der Waals surface area (Å²) >= 11 is 6.00. The summed E-state index contributed by atoms with van der Waals surface area (Å²) in [6, 6.07) is 10.4. The van der Waals surface area contributed by atoms with Gasteiger partial charge >= 0.3 is 0 Å². The van der Waals surface area contributed by atoms with Crippen molar-refractivity contribution in [3.8, 4) is 11.5 Å². The molecular weight excluding hydrogens is 382 g/mol. The number of aromatic amines is 1. The Morgan fingerprint density at radius 2 is 1.89 bits per heavy atom. The second kappa shape index (κ2) is 7.44. The van der Waals surface area contributed by atoms with Gasteiger partial charge < -0.3 is 25.1 Å². The van der Waals surface area contributed by atoms with Gasteiger partial charge in [-0.15, -0.1) is 0 Å². The number of nitrogens with one attached hydrogen (secondary N) is 3. The van der Waals surface area contributed by atoms with E-state index in [0.29, 0.717) is 46.8 Å². The molecule has 0 spiro atoms. The number of H-pyrrole nitrogens is 1. The number of hydrogen-bond acceptors (Lipinski definition) is 4. The third-order valence-electron chi connectivity index (χ3n) is 4.24. The van der Waals surface area contributed by atoms with E-state index in [2.05, 4.69) is 15.6 Å². The minimum absolute atomic E-state index is 0.244.